The zero-order chi connectivity index (χ0) is 49.8. The van der Waals surface area contributed by atoms with Crippen LogP contribution in [0.3, 0.4) is 0 Å². The summed E-state index contributed by atoms with van der Waals surface area (Å²) in [7, 11) is 0.815. The summed E-state index contributed by atoms with van der Waals surface area (Å²) in [6, 6.07) is 9.10. The van der Waals surface area contributed by atoms with Crippen molar-refractivity contribution in [2.24, 2.45) is 7.05 Å². The number of benzene rings is 3. The summed E-state index contributed by atoms with van der Waals surface area (Å²) in [5.74, 6) is -2.07. The number of alkyl halides is 1. The van der Waals surface area contributed by atoms with Crippen LogP contribution in [0.1, 0.15) is 63.9 Å². The van der Waals surface area contributed by atoms with E-state index in [0.717, 1.165) is 44.2 Å². The van der Waals surface area contributed by atoms with E-state index in [2.05, 4.69) is 51.8 Å². The molecule has 3 N–H and O–H groups in total. The number of fused-ring (bicyclic) bond motifs is 1. The van der Waals surface area contributed by atoms with E-state index in [0.29, 0.717) is 72.5 Å². The lowest BCUT2D eigenvalue weighted by molar-refractivity contribution is -0.136. The number of aryl methyl sites for hydroxylation is 2. The number of ether oxygens (including phenoxy) is 1. The predicted molar refractivity (Wildman–Crippen MR) is 268 cm³/mol. The van der Waals surface area contributed by atoms with Gasteiger partial charge in [-0.25, -0.2) is 13.8 Å². The van der Waals surface area contributed by atoms with Gasteiger partial charge in [-0.3, -0.25) is 39.0 Å². The Morgan fingerprint density at radius 1 is 0.900 bits per heavy atom. The quantitative estimate of drug-likeness (QED) is 0.0804. The number of carbonyl (C=O) groups is 4. The topological polar surface area (TPSA) is 187 Å². The lowest BCUT2D eigenvalue weighted by Gasteiger charge is -2.41. The Hall–Kier alpha value is -6.24. The van der Waals surface area contributed by atoms with Crippen molar-refractivity contribution < 1.29 is 37.3 Å². The number of nitrogens with one attached hydrogen (secondary N) is 3. The van der Waals surface area contributed by atoms with Crippen LogP contribution in [0.25, 0.3) is 11.1 Å². The SMILES string of the molecule is COc1cc(N2CCN(CCC3(F)CCN(c4cc5c(cc4F)C(=O)N(C4CCC(=O)NC4=O)C5=O)CC3)CC2)c(-c2cnn(C)c2)cc1Nc1ncc(Br)c(Nc2ccc(C)c(C)c2P(C)(C)=O)n1. The van der Waals surface area contributed by atoms with E-state index >= 15 is 8.78 Å². The first-order valence-corrected chi connectivity index (χ1v) is 26.6. The Bertz CT molecular complexity index is 2990. The second kappa shape index (κ2) is 19.2. The van der Waals surface area contributed by atoms with Gasteiger partial charge in [-0.1, -0.05) is 6.07 Å². The van der Waals surface area contributed by atoms with Crippen molar-refractivity contribution in [1.82, 2.24) is 34.9 Å². The van der Waals surface area contributed by atoms with E-state index in [-0.39, 0.29) is 55.6 Å². The molecule has 0 aliphatic carbocycles. The number of methoxy groups -OCH3 is 1. The highest BCUT2D eigenvalue weighted by molar-refractivity contribution is 9.10. The molecular weight excluding hydrogens is 987 g/mol. The number of anilines is 6. The van der Waals surface area contributed by atoms with E-state index in [1.165, 1.54) is 6.07 Å². The highest BCUT2D eigenvalue weighted by Crippen LogP contribution is 2.43. The van der Waals surface area contributed by atoms with Crippen molar-refractivity contribution in [2.75, 3.05) is 86.7 Å². The van der Waals surface area contributed by atoms with Gasteiger partial charge in [0.2, 0.25) is 17.8 Å². The van der Waals surface area contributed by atoms with Gasteiger partial charge in [0, 0.05) is 99.9 Å². The number of amides is 4. The highest BCUT2D eigenvalue weighted by atomic mass is 79.9. The molecule has 70 heavy (non-hydrogen) atoms. The van der Waals surface area contributed by atoms with Crippen LogP contribution < -0.4 is 35.8 Å². The summed E-state index contributed by atoms with van der Waals surface area (Å²) < 4.78 is 53.9. The first-order valence-electron chi connectivity index (χ1n) is 23.2. The Morgan fingerprint density at radius 2 is 1.60 bits per heavy atom. The van der Waals surface area contributed by atoms with Gasteiger partial charge in [-0.15, -0.1) is 0 Å². The fourth-order valence-corrected chi connectivity index (χ4v) is 11.9. The van der Waals surface area contributed by atoms with Gasteiger partial charge in [-0.05, 0) is 104 Å². The Morgan fingerprint density at radius 3 is 2.26 bits per heavy atom. The number of hydrogen-bond acceptors (Lipinski definition) is 14. The molecule has 4 aliphatic rings. The molecular formula is C49H55BrF2N11O6P. The number of carbonyl (C=O) groups excluding carboxylic acids is 4. The van der Waals surface area contributed by atoms with Gasteiger partial charge >= 0.3 is 0 Å². The summed E-state index contributed by atoms with van der Waals surface area (Å²) >= 11 is 3.59. The van der Waals surface area contributed by atoms with Crippen molar-refractivity contribution in [3.8, 4) is 16.9 Å². The molecule has 0 radical (unpaired) electrons. The molecule has 9 rings (SSSR count). The van der Waals surface area contributed by atoms with Crippen LogP contribution in [0.4, 0.5) is 43.3 Å². The van der Waals surface area contributed by atoms with Crippen LogP contribution in [-0.4, -0.2) is 131 Å². The number of piperidine rings is 2. The molecule has 368 valence electrons. The van der Waals surface area contributed by atoms with E-state index in [1.807, 2.05) is 57.6 Å². The van der Waals surface area contributed by atoms with Crippen LogP contribution >= 0.6 is 23.1 Å². The number of halogens is 3. The van der Waals surface area contributed by atoms with Crippen LogP contribution in [0.2, 0.25) is 0 Å². The van der Waals surface area contributed by atoms with Crippen molar-refractivity contribution in [3.63, 3.8) is 0 Å². The lowest BCUT2D eigenvalue weighted by atomic mass is 9.89. The third-order valence-corrected chi connectivity index (χ3v) is 16.1. The first kappa shape index (κ1) is 48.8. The molecule has 0 saturated carbocycles. The zero-order valence-corrected chi connectivity index (χ0v) is 42.3. The molecule has 3 saturated heterocycles. The van der Waals surface area contributed by atoms with E-state index in [4.69, 9.17) is 9.72 Å². The molecule has 0 spiro atoms. The Kier molecular flexibility index (Phi) is 13.4. The zero-order valence-electron chi connectivity index (χ0n) is 39.9. The van der Waals surface area contributed by atoms with Crippen LogP contribution in [0.5, 0.6) is 5.75 Å². The Balaban J connectivity index is 0.846. The normalized spacial score (nSPS) is 18.6. The van der Waals surface area contributed by atoms with Crippen molar-refractivity contribution >= 4 is 86.5 Å². The van der Waals surface area contributed by atoms with Crippen molar-refractivity contribution in [1.29, 1.82) is 0 Å². The second-order valence-electron chi connectivity index (χ2n) is 18.9. The van der Waals surface area contributed by atoms with Gasteiger partial charge in [0.05, 0.1) is 46.0 Å². The molecule has 3 aromatic carbocycles. The molecule has 4 aliphatic heterocycles. The van der Waals surface area contributed by atoms with Crippen LogP contribution in [0.15, 0.2) is 59.5 Å². The molecule has 3 fully saturated rings. The minimum atomic E-state index is -2.66. The van der Waals surface area contributed by atoms with E-state index in [9.17, 15) is 23.7 Å². The number of rotatable bonds is 13. The van der Waals surface area contributed by atoms with E-state index in [1.54, 1.807) is 36.2 Å². The van der Waals surface area contributed by atoms with Gasteiger partial charge in [0.15, 0.2) is 0 Å². The molecule has 21 heteroatoms. The predicted octanol–water partition coefficient (Wildman–Crippen LogP) is 7.06. The summed E-state index contributed by atoms with van der Waals surface area (Å²) in [5.41, 5.74) is 4.59. The van der Waals surface area contributed by atoms with Gasteiger partial charge in [0.1, 0.15) is 36.2 Å². The molecule has 6 heterocycles. The molecule has 2 aromatic heterocycles. The largest absolute Gasteiger partial charge is 0.494 e. The molecule has 17 nitrogen and oxygen atoms in total. The average molecular weight is 1040 g/mol. The van der Waals surface area contributed by atoms with Crippen molar-refractivity contribution in [2.45, 2.75) is 57.7 Å². The van der Waals surface area contributed by atoms with Gasteiger partial charge in [-0.2, -0.15) is 10.1 Å². The van der Waals surface area contributed by atoms with Crippen LogP contribution in [-0.2, 0) is 21.2 Å². The summed E-state index contributed by atoms with van der Waals surface area (Å²) in [4.78, 5) is 67.2. The molecule has 4 amide bonds. The maximum Gasteiger partial charge on any atom is 0.262 e. The maximum atomic E-state index is 16.5. The standard InChI is InChI=1S/C49H55BrF2N11O6P/c1-28-7-8-36(43(29(28)2)70(5,6)68)55-44-34(50)26-53-48(58-44)56-37-22-31(30-25-54-59(3)27-30)39(24-41(37)69-4)62-19-17-60(18-20-62)14-11-49(52)12-15-61(16-13-49)40-23-33-32(21-35(40)51)46(66)63(47(33)67)38-9-10-42(64)57-45(38)65/h7-8,21-27,38H,9-20H2,1-6H3,(H,57,64,65)(H2,53,55,56,58). The maximum absolute atomic E-state index is 16.5. The minimum Gasteiger partial charge on any atom is -0.494 e. The molecule has 0 bridgehead atoms. The summed E-state index contributed by atoms with van der Waals surface area (Å²) in [5, 5.41) is 14.2. The number of nitrogens with zero attached hydrogens (tertiary/aromatic N) is 8. The van der Waals surface area contributed by atoms with E-state index < -0.39 is 48.3 Å². The summed E-state index contributed by atoms with van der Waals surface area (Å²) in [6.45, 7) is 11.2. The third kappa shape index (κ3) is 9.64. The number of aromatic nitrogens is 4. The van der Waals surface area contributed by atoms with Gasteiger partial charge in [0.25, 0.3) is 11.8 Å². The smallest absolute Gasteiger partial charge is 0.262 e. The Labute approximate surface area is 412 Å². The minimum absolute atomic E-state index is 0.00576. The fraction of sp³-hybridized carbons (Fsp3) is 0.408. The monoisotopic (exact) mass is 1040 g/mol. The highest BCUT2D eigenvalue weighted by Gasteiger charge is 2.46. The molecule has 1 unspecified atom stereocenters. The first-order chi connectivity index (χ1) is 33.3. The number of hydrogen-bond donors (Lipinski definition) is 3. The van der Waals surface area contributed by atoms with Crippen LogP contribution in [0, 0.1) is 19.7 Å². The number of imide groups is 2. The lowest BCUT2D eigenvalue weighted by Crippen LogP contribution is -2.54. The second-order valence-corrected chi connectivity index (χ2v) is 22.9. The van der Waals surface area contributed by atoms with Gasteiger partial charge < -0.3 is 29.7 Å². The fourth-order valence-electron chi connectivity index (χ4n) is 9.94. The molecule has 1 atom stereocenters. The number of piperazine rings is 1. The summed E-state index contributed by atoms with van der Waals surface area (Å²) in [6.07, 6.45) is 6.00. The molecule has 5 aromatic rings. The van der Waals surface area contributed by atoms with Crippen molar-refractivity contribution in [3.05, 3.63) is 87.5 Å². The average Bonchev–Trinajstić information content (AvgIpc) is 3.86. The third-order valence-electron chi connectivity index (χ3n) is 13.9.